The summed E-state index contributed by atoms with van der Waals surface area (Å²) in [5.74, 6) is 4.08. The first-order valence-corrected chi connectivity index (χ1v) is 6.15. The highest BCUT2D eigenvalue weighted by Gasteiger charge is 2.30. The van der Waals surface area contributed by atoms with Crippen LogP contribution in [0.1, 0.15) is 10.4 Å². The molecule has 1 amide bonds. The van der Waals surface area contributed by atoms with Crippen LogP contribution in [0.15, 0.2) is 40.7 Å². The lowest BCUT2D eigenvalue weighted by atomic mass is 10.1. The standard InChI is InChI=1S/C12H8F3N3OS/c13-12(14,15)8-2-1-7-5-9(20-10(7)6-8)3-4-11(19)17-18-16/h1-6H,(H2,16,17,19)/b4-3+. The second-order valence-electron chi connectivity index (χ2n) is 3.79. The van der Waals surface area contributed by atoms with E-state index in [9.17, 15) is 18.0 Å². The van der Waals surface area contributed by atoms with Crippen LogP contribution < -0.4 is 5.84 Å². The summed E-state index contributed by atoms with van der Waals surface area (Å²) >= 11 is 1.15. The van der Waals surface area contributed by atoms with Crippen LogP contribution in [0.5, 0.6) is 0 Å². The Bertz CT molecular complexity index is 704. The Morgan fingerprint density at radius 3 is 2.70 bits per heavy atom. The molecule has 0 radical (unpaired) electrons. The molecular formula is C12H8F3N3OS. The molecule has 2 N–H and O–H groups in total. The summed E-state index contributed by atoms with van der Waals surface area (Å²) < 4.78 is 38.2. The molecule has 0 unspecified atom stereocenters. The van der Waals surface area contributed by atoms with Crippen molar-refractivity contribution >= 4 is 33.4 Å². The smallest absolute Gasteiger partial charge is 0.304 e. The fourth-order valence-corrected chi connectivity index (χ4v) is 2.56. The minimum absolute atomic E-state index is 0.493. The molecule has 0 saturated carbocycles. The number of nitrogens with two attached hydrogens (primary N) is 1. The van der Waals surface area contributed by atoms with E-state index in [0.29, 0.717) is 15.0 Å². The van der Waals surface area contributed by atoms with Crippen molar-refractivity contribution in [1.82, 2.24) is 0 Å². The van der Waals surface area contributed by atoms with E-state index in [1.807, 2.05) is 0 Å². The number of hydrogen-bond donors (Lipinski definition) is 1. The molecule has 1 aromatic carbocycles. The predicted octanol–water partition coefficient (Wildman–Crippen LogP) is 3.79. The van der Waals surface area contributed by atoms with Gasteiger partial charge >= 0.3 is 6.18 Å². The van der Waals surface area contributed by atoms with Gasteiger partial charge in [0.05, 0.1) is 5.56 Å². The Balaban J connectivity index is 2.32. The third-order valence-corrected chi connectivity index (χ3v) is 3.48. The van der Waals surface area contributed by atoms with Crippen molar-refractivity contribution in [3.8, 4) is 0 Å². The number of benzene rings is 1. The maximum atomic E-state index is 12.6. The minimum atomic E-state index is -4.37. The quantitative estimate of drug-likeness (QED) is 0.397. The molecule has 1 heterocycles. The fourth-order valence-electron chi connectivity index (χ4n) is 1.55. The summed E-state index contributed by atoms with van der Waals surface area (Å²) in [6.07, 6.45) is -1.77. The predicted molar refractivity (Wildman–Crippen MR) is 69.9 cm³/mol. The van der Waals surface area contributed by atoms with Gasteiger partial charge in [0.25, 0.3) is 5.91 Å². The largest absolute Gasteiger partial charge is 0.416 e. The number of halogens is 3. The van der Waals surface area contributed by atoms with E-state index >= 15 is 0 Å². The highest BCUT2D eigenvalue weighted by Crippen LogP contribution is 2.34. The van der Waals surface area contributed by atoms with Crippen molar-refractivity contribution in [2.24, 2.45) is 16.2 Å². The van der Waals surface area contributed by atoms with Gasteiger partial charge in [0.15, 0.2) is 0 Å². The van der Waals surface area contributed by atoms with Crippen LogP contribution in [0.25, 0.3) is 16.2 Å². The highest BCUT2D eigenvalue weighted by atomic mass is 32.1. The summed E-state index contributed by atoms with van der Waals surface area (Å²) in [7, 11) is 0. The molecule has 8 heteroatoms. The number of fused-ring (bicyclic) bond motifs is 1. The molecule has 104 valence electrons. The molecule has 0 aliphatic heterocycles. The number of thiophene rings is 1. The SMILES string of the molecule is NN=NC(=O)/C=C/c1cc2ccc(C(F)(F)F)cc2s1. The van der Waals surface area contributed by atoms with Crippen LogP contribution in [0.4, 0.5) is 13.2 Å². The highest BCUT2D eigenvalue weighted by molar-refractivity contribution is 7.19. The zero-order valence-electron chi connectivity index (χ0n) is 9.89. The number of nitrogens with zero attached hydrogens (tertiary/aromatic N) is 2. The number of rotatable bonds is 2. The molecule has 0 aliphatic rings. The second-order valence-corrected chi connectivity index (χ2v) is 4.90. The van der Waals surface area contributed by atoms with Crippen LogP contribution in [0.2, 0.25) is 0 Å². The molecule has 2 rings (SSSR count). The van der Waals surface area contributed by atoms with Crippen LogP contribution in [0.3, 0.4) is 0 Å². The molecule has 0 spiro atoms. The zero-order chi connectivity index (χ0) is 14.8. The molecule has 0 fully saturated rings. The third kappa shape index (κ3) is 3.21. The lowest BCUT2D eigenvalue weighted by Gasteiger charge is -2.05. The zero-order valence-corrected chi connectivity index (χ0v) is 10.7. The van der Waals surface area contributed by atoms with E-state index in [-0.39, 0.29) is 0 Å². The number of carbonyl (C=O) groups is 1. The monoisotopic (exact) mass is 299 g/mol. The summed E-state index contributed by atoms with van der Waals surface area (Å²) in [6.45, 7) is 0. The van der Waals surface area contributed by atoms with Gasteiger partial charge in [-0.05, 0) is 29.7 Å². The molecule has 0 atom stereocenters. The van der Waals surface area contributed by atoms with Crippen molar-refractivity contribution in [2.45, 2.75) is 6.18 Å². The van der Waals surface area contributed by atoms with Gasteiger partial charge in [0.1, 0.15) is 0 Å². The van der Waals surface area contributed by atoms with Crippen molar-refractivity contribution in [2.75, 3.05) is 0 Å². The number of alkyl halides is 3. The third-order valence-electron chi connectivity index (χ3n) is 2.41. The van der Waals surface area contributed by atoms with Gasteiger partial charge < -0.3 is 5.84 Å². The van der Waals surface area contributed by atoms with Crippen LogP contribution in [-0.2, 0) is 11.0 Å². The molecule has 0 aliphatic carbocycles. The average molecular weight is 299 g/mol. The van der Waals surface area contributed by atoms with E-state index < -0.39 is 17.6 Å². The minimum Gasteiger partial charge on any atom is -0.304 e. The molecule has 0 saturated heterocycles. The lowest BCUT2D eigenvalue weighted by Crippen LogP contribution is -2.03. The van der Waals surface area contributed by atoms with Crippen molar-refractivity contribution < 1.29 is 18.0 Å². The van der Waals surface area contributed by atoms with Crippen molar-refractivity contribution in [3.63, 3.8) is 0 Å². The number of hydrogen-bond acceptors (Lipinski definition) is 3. The normalized spacial score (nSPS) is 12.8. The van der Waals surface area contributed by atoms with Crippen molar-refractivity contribution in [3.05, 3.63) is 40.8 Å². The Kier molecular flexibility index (Phi) is 3.84. The number of amides is 1. The Labute approximate surface area is 115 Å². The Morgan fingerprint density at radius 1 is 1.30 bits per heavy atom. The summed E-state index contributed by atoms with van der Waals surface area (Å²) in [5, 5.41) is 6.58. The summed E-state index contributed by atoms with van der Waals surface area (Å²) in [6, 6.07) is 5.19. The van der Waals surface area contributed by atoms with Gasteiger partial charge in [0.2, 0.25) is 0 Å². The number of carbonyl (C=O) groups excluding carboxylic acids is 1. The van der Waals surface area contributed by atoms with E-state index in [1.165, 1.54) is 12.1 Å². The van der Waals surface area contributed by atoms with Gasteiger partial charge in [-0.3, -0.25) is 4.79 Å². The Hall–Kier alpha value is -2.22. The summed E-state index contributed by atoms with van der Waals surface area (Å²) in [5.41, 5.74) is -0.699. The van der Waals surface area contributed by atoms with Gasteiger partial charge in [-0.25, -0.2) is 0 Å². The van der Waals surface area contributed by atoms with Gasteiger partial charge in [0, 0.05) is 15.7 Å². The van der Waals surface area contributed by atoms with Crippen LogP contribution >= 0.6 is 11.3 Å². The van der Waals surface area contributed by atoms with Crippen molar-refractivity contribution in [1.29, 1.82) is 0 Å². The van der Waals surface area contributed by atoms with Gasteiger partial charge in [-0.2, -0.15) is 13.2 Å². The fraction of sp³-hybridized carbons (Fsp3) is 0.0833. The molecule has 20 heavy (non-hydrogen) atoms. The summed E-state index contributed by atoms with van der Waals surface area (Å²) in [4.78, 5) is 11.7. The maximum Gasteiger partial charge on any atom is 0.416 e. The topological polar surface area (TPSA) is 67.8 Å². The van der Waals surface area contributed by atoms with E-state index in [2.05, 4.69) is 10.3 Å². The van der Waals surface area contributed by atoms with Crippen LogP contribution in [-0.4, -0.2) is 5.91 Å². The first kappa shape index (κ1) is 14.2. The van der Waals surface area contributed by atoms with Gasteiger partial charge in [-0.15, -0.1) is 11.3 Å². The Morgan fingerprint density at radius 2 is 2.05 bits per heavy atom. The average Bonchev–Trinajstić information content (AvgIpc) is 2.77. The first-order valence-electron chi connectivity index (χ1n) is 5.34. The second kappa shape index (κ2) is 5.41. The van der Waals surface area contributed by atoms with E-state index in [4.69, 9.17) is 5.84 Å². The molecule has 0 bridgehead atoms. The molecule has 4 nitrogen and oxygen atoms in total. The molecular weight excluding hydrogens is 291 g/mol. The lowest BCUT2D eigenvalue weighted by molar-refractivity contribution is -0.137. The van der Waals surface area contributed by atoms with E-state index in [1.54, 1.807) is 6.07 Å². The van der Waals surface area contributed by atoms with Gasteiger partial charge in [-0.1, -0.05) is 16.4 Å². The molecule has 2 aromatic rings. The van der Waals surface area contributed by atoms with E-state index in [0.717, 1.165) is 29.5 Å². The maximum absolute atomic E-state index is 12.6. The van der Waals surface area contributed by atoms with Crippen LogP contribution in [0, 0.1) is 0 Å². The first-order chi connectivity index (χ1) is 9.40. The molecule has 1 aromatic heterocycles.